The Bertz CT molecular complexity index is 841. The number of anilines is 2. The van der Waals surface area contributed by atoms with Crippen molar-refractivity contribution in [3.63, 3.8) is 0 Å². The lowest BCUT2D eigenvalue weighted by atomic mass is 10.2. The van der Waals surface area contributed by atoms with E-state index < -0.39 is 0 Å². The van der Waals surface area contributed by atoms with Gasteiger partial charge in [0.15, 0.2) is 5.58 Å². The highest BCUT2D eigenvalue weighted by Crippen LogP contribution is 2.25. The van der Waals surface area contributed by atoms with Gasteiger partial charge in [0.2, 0.25) is 0 Å². The number of hydrogen-bond acceptors (Lipinski definition) is 6. The Kier molecular flexibility index (Phi) is 3.33. The molecule has 0 unspecified atom stereocenters. The summed E-state index contributed by atoms with van der Waals surface area (Å²) in [6.45, 7) is 5.21. The van der Waals surface area contributed by atoms with E-state index >= 15 is 0 Å². The van der Waals surface area contributed by atoms with Crippen LogP contribution in [-0.2, 0) is 0 Å². The predicted octanol–water partition coefficient (Wildman–Crippen LogP) is 2.39. The maximum absolute atomic E-state index is 13.2. The minimum absolute atomic E-state index is 0.316. The van der Waals surface area contributed by atoms with Crippen molar-refractivity contribution in [3.8, 4) is 0 Å². The molecule has 118 valence electrons. The molecule has 1 saturated heterocycles. The Hall–Kier alpha value is -2.70. The van der Waals surface area contributed by atoms with Crippen LogP contribution in [0, 0.1) is 12.7 Å². The van der Waals surface area contributed by atoms with Crippen molar-refractivity contribution >= 4 is 22.9 Å². The molecule has 6 nitrogen and oxygen atoms in total. The fourth-order valence-corrected chi connectivity index (χ4v) is 2.85. The fourth-order valence-electron chi connectivity index (χ4n) is 2.85. The first-order valence-electron chi connectivity index (χ1n) is 7.53. The van der Waals surface area contributed by atoms with Gasteiger partial charge in [-0.3, -0.25) is 0 Å². The molecular weight excluding hydrogens is 297 g/mol. The van der Waals surface area contributed by atoms with Crippen molar-refractivity contribution in [1.29, 1.82) is 0 Å². The van der Waals surface area contributed by atoms with Crippen LogP contribution in [0.25, 0.3) is 11.1 Å². The third-order valence-electron chi connectivity index (χ3n) is 4.06. The standard InChI is InChI=1S/C16H16FN5O/c1-11-9-18-10-19-15(11)21-4-6-22(7-5-21)16-20-13-3-2-12(17)8-14(13)23-16/h2-3,8-10H,4-7H2,1H3. The molecular formula is C16H16FN5O. The number of fused-ring (bicyclic) bond motifs is 1. The molecule has 1 aromatic carbocycles. The maximum atomic E-state index is 13.2. The summed E-state index contributed by atoms with van der Waals surface area (Å²) in [5.74, 6) is 0.656. The van der Waals surface area contributed by atoms with Gasteiger partial charge in [0.05, 0.1) is 0 Å². The quantitative estimate of drug-likeness (QED) is 0.724. The average Bonchev–Trinajstić information content (AvgIpc) is 2.98. The van der Waals surface area contributed by atoms with Gasteiger partial charge >= 0.3 is 0 Å². The lowest BCUT2D eigenvalue weighted by Gasteiger charge is -2.35. The van der Waals surface area contributed by atoms with Crippen LogP contribution in [0.2, 0.25) is 0 Å². The fraction of sp³-hybridized carbons (Fsp3) is 0.312. The lowest BCUT2D eigenvalue weighted by molar-refractivity contribution is 0.538. The summed E-state index contributed by atoms with van der Waals surface area (Å²) < 4.78 is 18.9. The van der Waals surface area contributed by atoms with Gasteiger partial charge in [0.1, 0.15) is 23.5 Å². The van der Waals surface area contributed by atoms with Crippen LogP contribution < -0.4 is 9.80 Å². The van der Waals surface area contributed by atoms with Gasteiger partial charge in [-0.15, -0.1) is 0 Å². The number of benzene rings is 1. The molecule has 0 radical (unpaired) electrons. The molecule has 3 heterocycles. The molecule has 0 spiro atoms. The third-order valence-corrected chi connectivity index (χ3v) is 4.06. The minimum atomic E-state index is -0.316. The topological polar surface area (TPSA) is 58.3 Å². The monoisotopic (exact) mass is 313 g/mol. The third kappa shape index (κ3) is 2.58. The van der Waals surface area contributed by atoms with E-state index in [9.17, 15) is 4.39 Å². The summed E-state index contributed by atoms with van der Waals surface area (Å²) in [5, 5.41) is 0. The molecule has 2 aromatic heterocycles. The van der Waals surface area contributed by atoms with E-state index in [1.807, 2.05) is 13.1 Å². The summed E-state index contributed by atoms with van der Waals surface area (Å²) in [4.78, 5) is 17.1. The second-order valence-electron chi connectivity index (χ2n) is 5.61. The molecule has 1 aliphatic rings. The molecule has 0 aliphatic carbocycles. The maximum Gasteiger partial charge on any atom is 0.298 e. The highest BCUT2D eigenvalue weighted by Gasteiger charge is 2.22. The van der Waals surface area contributed by atoms with Crippen LogP contribution in [0.1, 0.15) is 5.56 Å². The van der Waals surface area contributed by atoms with E-state index in [4.69, 9.17) is 4.42 Å². The van der Waals surface area contributed by atoms with Gasteiger partial charge in [0, 0.05) is 44.0 Å². The molecule has 23 heavy (non-hydrogen) atoms. The molecule has 3 aromatic rings. The van der Waals surface area contributed by atoms with Crippen molar-refractivity contribution in [2.45, 2.75) is 6.92 Å². The van der Waals surface area contributed by atoms with Crippen molar-refractivity contribution in [3.05, 3.63) is 42.1 Å². The average molecular weight is 313 g/mol. The van der Waals surface area contributed by atoms with Gasteiger partial charge in [-0.2, -0.15) is 4.98 Å². The number of halogens is 1. The van der Waals surface area contributed by atoms with Crippen molar-refractivity contribution in [1.82, 2.24) is 15.0 Å². The van der Waals surface area contributed by atoms with Gasteiger partial charge in [0.25, 0.3) is 6.01 Å². The van der Waals surface area contributed by atoms with E-state index in [0.29, 0.717) is 17.1 Å². The number of piperazine rings is 1. The molecule has 0 amide bonds. The molecule has 1 aliphatic heterocycles. The van der Waals surface area contributed by atoms with E-state index in [-0.39, 0.29) is 5.82 Å². The SMILES string of the molecule is Cc1cncnc1N1CCN(c2nc3ccc(F)cc3o2)CC1. The zero-order valence-corrected chi connectivity index (χ0v) is 12.7. The van der Waals surface area contributed by atoms with Crippen molar-refractivity contribution < 1.29 is 8.81 Å². The van der Waals surface area contributed by atoms with E-state index in [0.717, 1.165) is 37.6 Å². The summed E-state index contributed by atoms with van der Waals surface area (Å²) in [7, 11) is 0. The molecule has 4 rings (SSSR count). The normalized spacial score (nSPS) is 15.4. The molecule has 1 fully saturated rings. The minimum Gasteiger partial charge on any atom is -0.423 e. The number of rotatable bonds is 2. The Morgan fingerprint density at radius 3 is 2.70 bits per heavy atom. The van der Waals surface area contributed by atoms with Gasteiger partial charge in [-0.1, -0.05) is 0 Å². The molecule has 0 N–H and O–H groups in total. The second kappa shape index (κ2) is 5.49. The Morgan fingerprint density at radius 2 is 1.91 bits per heavy atom. The zero-order chi connectivity index (χ0) is 15.8. The van der Waals surface area contributed by atoms with Gasteiger partial charge < -0.3 is 14.2 Å². The first-order valence-corrected chi connectivity index (χ1v) is 7.53. The van der Waals surface area contributed by atoms with E-state index in [1.54, 1.807) is 12.4 Å². The Labute approximate surface area is 132 Å². The number of aromatic nitrogens is 3. The van der Waals surface area contributed by atoms with Gasteiger partial charge in [-0.25, -0.2) is 14.4 Å². The largest absolute Gasteiger partial charge is 0.423 e. The highest BCUT2D eigenvalue weighted by atomic mass is 19.1. The van der Waals surface area contributed by atoms with Crippen LogP contribution in [0.5, 0.6) is 0 Å². The first kappa shape index (κ1) is 13.9. The zero-order valence-electron chi connectivity index (χ0n) is 12.7. The first-order chi connectivity index (χ1) is 11.2. The number of hydrogen-bond donors (Lipinski definition) is 0. The van der Waals surface area contributed by atoms with E-state index in [1.165, 1.54) is 12.1 Å². The van der Waals surface area contributed by atoms with Crippen molar-refractivity contribution in [2.75, 3.05) is 36.0 Å². The lowest BCUT2D eigenvalue weighted by Crippen LogP contribution is -2.47. The summed E-state index contributed by atoms with van der Waals surface area (Å²) in [6.07, 6.45) is 3.40. The summed E-state index contributed by atoms with van der Waals surface area (Å²) in [6, 6.07) is 4.94. The predicted molar refractivity (Wildman–Crippen MR) is 85.2 cm³/mol. The number of oxazole rings is 1. The molecule has 7 heteroatoms. The summed E-state index contributed by atoms with van der Waals surface area (Å²) in [5.41, 5.74) is 2.22. The molecule has 0 atom stereocenters. The van der Waals surface area contributed by atoms with Gasteiger partial charge in [-0.05, 0) is 19.1 Å². The van der Waals surface area contributed by atoms with Crippen LogP contribution in [-0.4, -0.2) is 41.1 Å². The smallest absolute Gasteiger partial charge is 0.298 e. The van der Waals surface area contributed by atoms with Crippen molar-refractivity contribution in [2.24, 2.45) is 0 Å². The van der Waals surface area contributed by atoms with Crippen LogP contribution >= 0.6 is 0 Å². The van der Waals surface area contributed by atoms with E-state index in [2.05, 4.69) is 24.8 Å². The molecule has 0 bridgehead atoms. The number of nitrogens with zero attached hydrogens (tertiary/aromatic N) is 5. The summed E-state index contributed by atoms with van der Waals surface area (Å²) >= 11 is 0. The Balaban J connectivity index is 1.51. The number of aryl methyl sites for hydroxylation is 1. The highest BCUT2D eigenvalue weighted by molar-refractivity contribution is 5.74. The van der Waals surface area contributed by atoms with Crippen LogP contribution in [0.15, 0.2) is 35.1 Å². The Morgan fingerprint density at radius 1 is 1.13 bits per heavy atom. The van der Waals surface area contributed by atoms with Crippen LogP contribution in [0.4, 0.5) is 16.2 Å². The molecule has 0 saturated carbocycles. The van der Waals surface area contributed by atoms with Crippen LogP contribution in [0.3, 0.4) is 0 Å². The second-order valence-corrected chi connectivity index (χ2v) is 5.61.